The first-order chi connectivity index (χ1) is 10.5. The van der Waals surface area contributed by atoms with Gasteiger partial charge in [0.1, 0.15) is 23.9 Å². The first-order valence-electron chi connectivity index (χ1n) is 6.75. The van der Waals surface area contributed by atoms with Gasteiger partial charge in [0.15, 0.2) is 6.54 Å². The second kappa shape index (κ2) is 7.47. The molecular formula is C16H16BrF2N2O+. The molecule has 0 saturated carbocycles. The number of benzene rings is 2. The fourth-order valence-electron chi connectivity index (χ4n) is 2.09. The van der Waals surface area contributed by atoms with Crippen LogP contribution in [0.5, 0.6) is 0 Å². The van der Waals surface area contributed by atoms with E-state index in [0.717, 1.165) is 27.1 Å². The number of hydrogen-bond donors (Lipinski definition) is 2. The number of carbonyl (C=O) groups excluding carboxylic acids is 1. The van der Waals surface area contributed by atoms with Crippen molar-refractivity contribution in [2.45, 2.75) is 6.54 Å². The second-order valence-electron chi connectivity index (χ2n) is 5.08. The Kier molecular flexibility index (Phi) is 5.63. The number of amides is 1. The normalized spacial score (nSPS) is 12.0. The van der Waals surface area contributed by atoms with Crippen LogP contribution < -0.4 is 10.2 Å². The van der Waals surface area contributed by atoms with E-state index in [9.17, 15) is 13.6 Å². The van der Waals surface area contributed by atoms with Gasteiger partial charge in [0.05, 0.1) is 7.05 Å². The quantitative estimate of drug-likeness (QED) is 0.833. The van der Waals surface area contributed by atoms with Crippen LogP contribution in [0, 0.1) is 11.6 Å². The molecule has 116 valence electrons. The summed E-state index contributed by atoms with van der Waals surface area (Å²) in [6, 6.07) is 11.2. The Bertz CT molecular complexity index is 641. The van der Waals surface area contributed by atoms with Crippen molar-refractivity contribution in [3.8, 4) is 0 Å². The molecule has 1 unspecified atom stereocenters. The monoisotopic (exact) mass is 369 g/mol. The van der Waals surface area contributed by atoms with E-state index in [1.54, 1.807) is 0 Å². The first kappa shape index (κ1) is 16.6. The number of halogens is 3. The van der Waals surface area contributed by atoms with E-state index in [0.29, 0.717) is 6.54 Å². The van der Waals surface area contributed by atoms with Crippen molar-refractivity contribution in [2.24, 2.45) is 0 Å². The van der Waals surface area contributed by atoms with Crippen LogP contribution in [0.25, 0.3) is 0 Å². The van der Waals surface area contributed by atoms with Crippen LogP contribution in [-0.2, 0) is 11.3 Å². The molecule has 3 nitrogen and oxygen atoms in total. The van der Waals surface area contributed by atoms with Gasteiger partial charge in [0, 0.05) is 10.0 Å². The van der Waals surface area contributed by atoms with Gasteiger partial charge in [-0.15, -0.1) is 0 Å². The fourth-order valence-corrected chi connectivity index (χ4v) is 2.35. The van der Waals surface area contributed by atoms with Crippen molar-refractivity contribution in [1.82, 2.24) is 0 Å². The van der Waals surface area contributed by atoms with E-state index in [2.05, 4.69) is 21.2 Å². The largest absolute Gasteiger partial charge is 0.326 e. The molecule has 0 heterocycles. The van der Waals surface area contributed by atoms with Crippen molar-refractivity contribution in [1.29, 1.82) is 0 Å². The lowest BCUT2D eigenvalue weighted by Crippen LogP contribution is -3.08. The second-order valence-corrected chi connectivity index (χ2v) is 6.00. The van der Waals surface area contributed by atoms with Crippen molar-refractivity contribution in [3.63, 3.8) is 0 Å². The highest BCUT2D eigenvalue weighted by atomic mass is 79.9. The van der Waals surface area contributed by atoms with Gasteiger partial charge in [-0.05, 0) is 24.3 Å². The number of anilines is 1. The zero-order valence-electron chi connectivity index (χ0n) is 12.0. The molecule has 0 saturated heterocycles. The summed E-state index contributed by atoms with van der Waals surface area (Å²) in [6.45, 7) is 0.754. The SMILES string of the molecule is C[NH+](CC(=O)Nc1c(F)cccc1F)Cc1ccc(Br)cc1. The maximum Gasteiger partial charge on any atom is 0.279 e. The lowest BCUT2D eigenvalue weighted by molar-refractivity contribution is -0.885. The van der Waals surface area contributed by atoms with E-state index < -0.39 is 23.2 Å². The molecule has 0 spiro atoms. The lowest BCUT2D eigenvalue weighted by atomic mass is 10.2. The molecule has 0 aliphatic carbocycles. The van der Waals surface area contributed by atoms with E-state index >= 15 is 0 Å². The Morgan fingerprint density at radius 1 is 1.14 bits per heavy atom. The predicted molar refractivity (Wildman–Crippen MR) is 84.6 cm³/mol. The molecule has 2 N–H and O–H groups in total. The maximum absolute atomic E-state index is 13.5. The van der Waals surface area contributed by atoms with Gasteiger partial charge < -0.3 is 10.2 Å². The summed E-state index contributed by atoms with van der Waals surface area (Å²) >= 11 is 3.36. The van der Waals surface area contributed by atoms with Gasteiger partial charge in [-0.3, -0.25) is 4.79 Å². The minimum atomic E-state index is -0.779. The zero-order valence-corrected chi connectivity index (χ0v) is 13.6. The summed E-state index contributed by atoms with van der Waals surface area (Å²) in [4.78, 5) is 12.8. The Hall–Kier alpha value is -1.79. The van der Waals surface area contributed by atoms with Crippen LogP contribution in [0.4, 0.5) is 14.5 Å². The molecule has 0 bridgehead atoms. The van der Waals surface area contributed by atoms with Crippen molar-refractivity contribution in [2.75, 3.05) is 18.9 Å². The summed E-state index contributed by atoms with van der Waals surface area (Å²) in [5.74, 6) is -1.99. The van der Waals surface area contributed by atoms with Crippen LogP contribution >= 0.6 is 15.9 Å². The van der Waals surface area contributed by atoms with Gasteiger partial charge in [-0.2, -0.15) is 0 Å². The molecule has 1 amide bonds. The topological polar surface area (TPSA) is 33.5 Å². The van der Waals surface area contributed by atoms with E-state index in [-0.39, 0.29) is 6.54 Å². The number of hydrogen-bond acceptors (Lipinski definition) is 1. The van der Waals surface area contributed by atoms with Gasteiger partial charge >= 0.3 is 0 Å². The number of quaternary nitrogens is 1. The van der Waals surface area contributed by atoms with Crippen LogP contribution in [0.1, 0.15) is 5.56 Å². The van der Waals surface area contributed by atoms with Gasteiger partial charge in [-0.25, -0.2) is 8.78 Å². The average molecular weight is 370 g/mol. The Morgan fingerprint density at radius 3 is 2.32 bits per heavy atom. The maximum atomic E-state index is 13.5. The van der Waals surface area contributed by atoms with Crippen molar-refractivity contribution < 1.29 is 18.5 Å². The molecule has 1 atom stereocenters. The van der Waals surface area contributed by atoms with Crippen LogP contribution in [-0.4, -0.2) is 19.5 Å². The third-order valence-corrected chi connectivity index (χ3v) is 3.64. The zero-order chi connectivity index (χ0) is 16.1. The highest BCUT2D eigenvalue weighted by Crippen LogP contribution is 2.17. The standard InChI is InChI=1S/C16H15BrF2N2O/c1-21(9-11-5-7-12(17)8-6-11)10-15(22)20-16-13(18)3-2-4-14(16)19/h2-8H,9-10H2,1H3,(H,20,22)/p+1. The molecule has 0 radical (unpaired) electrons. The number of carbonyl (C=O) groups is 1. The molecule has 0 aliphatic rings. The highest BCUT2D eigenvalue weighted by Gasteiger charge is 2.15. The van der Waals surface area contributed by atoms with Crippen LogP contribution in [0.2, 0.25) is 0 Å². The fraction of sp³-hybridized carbons (Fsp3) is 0.188. The molecule has 2 aromatic carbocycles. The minimum Gasteiger partial charge on any atom is -0.326 e. The Morgan fingerprint density at radius 2 is 1.73 bits per heavy atom. The third-order valence-electron chi connectivity index (χ3n) is 3.11. The molecule has 0 fully saturated rings. The molecular weight excluding hydrogens is 354 g/mol. The molecule has 6 heteroatoms. The number of rotatable bonds is 5. The van der Waals surface area contributed by atoms with E-state index in [1.165, 1.54) is 6.07 Å². The number of nitrogens with one attached hydrogen (secondary N) is 2. The molecule has 0 aromatic heterocycles. The number of likely N-dealkylation sites (N-methyl/N-ethyl adjacent to an activating group) is 1. The smallest absolute Gasteiger partial charge is 0.279 e. The van der Waals surface area contributed by atoms with Crippen LogP contribution in [0.3, 0.4) is 0 Å². The number of para-hydroxylation sites is 1. The minimum absolute atomic E-state index is 0.115. The third kappa shape index (κ3) is 4.61. The molecule has 2 aromatic rings. The first-order valence-corrected chi connectivity index (χ1v) is 7.54. The van der Waals surface area contributed by atoms with E-state index in [1.807, 2.05) is 31.3 Å². The Balaban J connectivity index is 1.92. The molecule has 2 rings (SSSR count). The highest BCUT2D eigenvalue weighted by molar-refractivity contribution is 9.10. The Labute approximate surface area is 136 Å². The van der Waals surface area contributed by atoms with E-state index in [4.69, 9.17) is 0 Å². The van der Waals surface area contributed by atoms with Gasteiger partial charge in [0.25, 0.3) is 5.91 Å². The van der Waals surface area contributed by atoms with Crippen LogP contribution in [0.15, 0.2) is 46.9 Å². The summed E-state index contributed by atoms with van der Waals surface area (Å²) in [6.07, 6.45) is 0. The summed E-state index contributed by atoms with van der Waals surface area (Å²) in [5.41, 5.74) is 0.675. The van der Waals surface area contributed by atoms with Gasteiger partial charge in [0.2, 0.25) is 0 Å². The molecule has 22 heavy (non-hydrogen) atoms. The van der Waals surface area contributed by atoms with Crippen molar-refractivity contribution >= 4 is 27.5 Å². The summed E-state index contributed by atoms with van der Waals surface area (Å²) < 4.78 is 27.9. The summed E-state index contributed by atoms with van der Waals surface area (Å²) in [5, 5.41) is 2.29. The lowest BCUT2D eigenvalue weighted by Gasteiger charge is -2.14. The predicted octanol–water partition coefficient (Wildman–Crippen LogP) is 2.38. The van der Waals surface area contributed by atoms with Gasteiger partial charge in [-0.1, -0.05) is 34.1 Å². The average Bonchev–Trinajstić information content (AvgIpc) is 2.45. The molecule has 0 aliphatic heterocycles. The van der Waals surface area contributed by atoms with Crippen molar-refractivity contribution in [3.05, 3.63) is 64.1 Å². The summed E-state index contributed by atoms with van der Waals surface area (Å²) in [7, 11) is 1.85.